The standard InChI is InChI=1S/C16H13ClN2O3/c1-21-14-7-10-9-18-19(13-6-4-3-5-12(13)17)16(20)11(10)8-15(14)22-2/h3-9H,1-2H3. The molecule has 0 fully saturated rings. The van der Waals surface area contributed by atoms with Crippen molar-refractivity contribution in [1.82, 2.24) is 9.78 Å². The molecule has 0 aliphatic carbocycles. The van der Waals surface area contributed by atoms with Gasteiger partial charge in [-0.25, -0.2) is 0 Å². The molecule has 0 unspecified atom stereocenters. The number of rotatable bonds is 3. The summed E-state index contributed by atoms with van der Waals surface area (Å²) in [7, 11) is 3.07. The first-order valence-electron chi connectivity index (χ1n) is 6.54. The largest absolute Gasteiger partial charge is 0.493 e. The number of benzene rings is 2. The van der Waals surface area contributed by atoms with Gasteiger partial charge >= 0.3 is 0 Å². The van der Waals surface area contributed by atoms with Crippen LogP contribution in [0, 0.1) is 0 Å². The quantitative estimate of drug-likeness (QED) is 0.745. The van der Waals surface area contributed by atoms with E-state index in [0.717, 1.165) is 0 Å². The topological polar surface area (TPSA) is 53.4 Å². The van der Waals surface area contributed by atoms with E-state index in [0.29, 0.717) is 33.0 Å². The van der Waals surface area contributed by atoms with Crippen molar-refractivity contribution in [2.75, 3.05) is 14.2 Å². The van der Waals surface area contributed by atoms with Crippen molar-refractivity contribution in [3.8, 4) is 17.2 Å². The second-order valence-electron chi connectivity index (χ2n) is 4.61. The molecule has 1 aromatic heterocycles. The molecule has 3 aromatic rings. The van der Waals surface area contributed by atoms with E-state index in [-0.39, 0.29) is 5.56 Å². The summed E-state index contributed by atoms with van der Waals surface area (Å²) >= 11 is 6.14. The van der Waals surface area contributed by atoms with Gasteiger partial charge in [0.05, 0.1) is 36.5 Å². The van der Waals surface area contributed by atoms with Crippen molar-refractivity contribution in [3.63, 3.8) is 0 Å². The van der Waals surface area contributed by atoms with Gasteiger partial charge in [0, 0.05) is 5.39 Å². The average Bonchev–Trinajstić information content (AvgIpc) is 2.55. The summed E-state index contributed by atoms with van der Waals surface area (Å²) in [5.41, 5.74) is 0.261. The predicted octanol–water partition coefficient (Wildman–Crippen LogP) is 3.06. The molecule has 0 aliphatic rings. The molecular weight excluding hydrogens is 304 g/mol. The predicted molar refractivity (Wildman–Crippen MR) is 85.5 cm³/mol. The molecule has 0 spiro atoms. The molecule has 0 atom stereocenters. The minimum absolute atomic E-state index is 0.272. The summed E-state index contributed by atoms with van der Waals surface area (Å²) in [5.74, 6) is 1.04. The molecule has 0 radical (unpaired) electrons. The molecule has 0 saturated heterocycles. The minimum Gasteiger partial charge on any atom is -0.493 e. The zero-order valence-electron chi connectivity index (χ0n) is 12.0. The van der Waals surface area contributed by atoms with Crippen molar-refractivity contribution < 1.29 is 9.47 Å². The molecular formula is C16H13ClN2O3. The monoisotopic (exact) mass is 316 g/mol. The van der Waals surface area contributed by atoms with E-state index in [1.807, 2.05) is 0 Å². The van der Waals surface area contributed by atoms with Crippen LogP contribution in [-0.2, 0) is 0 Å². The lowest BCUT2D eigenvalue weighted by atomic mass is 10.1. The number of fused-ring (bicyclic) bond motifs is 1. The average molecular weight is 317 g/mol. The number of aromatic nitrogens is 2. The molecule has 0 aliphatic heterocycles. The molecule has 0 amide bonds. The maximum Gasteiger partial charge on any atom is 0.279 e. The first-order chi connectivity index (χ1) is 10.7. The number of hydrogen-bond donors (Lipinski definition) is 0. The van der Waals surface area contributed by atoms with Crippen molar-refractivity contribution in [2.45, 2.75) is 0 Å². The van der Waals surface area contributed by atoms with Gasteiger partial charge < -0.3 is 9.47 Å². The van der Waals surface area contributed by atoms with Gasteiger partial charge in [-0.05, 0) is 24.3 Å². The molecule has 5 nitrogen and oxygen atoms in total. The summed E-state index contributed by atoms with van der Waals surface area (Å²) in [4.78, 5) is 12.7. The van der Waals surface area contributed by atoms with Crippen LogP contribution in [0.5, 0.6) is 11.5 Å². The smallest absolute Gasteiger partial charge is 0.279 e. The second kappa shape index (κ2) is 5.69. The zero-order valence-corrected chi connectivity index (χ0v) is 12.8. The van der Waals surface area contributed by atoms with Crippen molar-refractivity contribution >= 4 is 22.4 Å². The van der Waals surface area contributed by atoms with Crippen molar-refractivity contribution in [1.29, 1.82) is 0 Å². The van der Waals surface area contributed by atoms with Crippen LogP contribution >= 0.6 is 11.6 Å². The van der Waals surface area contributed by atoms with Gasteiger partial charge in [0.1, 0.15) is 0 Å². The van der Waals surface area contributed by atoms with Crippen LogP contribution in [0.2, 0.25) is 5.02 Å². The van der Waals surface area contributed by atoms with Crippen molar-refractivity contribution in [2.24, 2.45) is 0 Å². The van der Waals surface area contributed by atoms with Gasteiger partial charge in [0.2, 0.25) is 0 Å². The van der Waals surface area contributed by atoms with E-state index in [4.69, 9.17) is 21.1 Å². The van der Waals surface area contributed by atoms with Gasteiger partial charge in [-0.3, -0.25) is 4.79 Å². The second-order valence-corrected chi connectivity index (χ2v) is 5.01. The third-order valence-corrected chi connectivity index (χ3v) is 3.69. The van der Waals surface area contributed by atoms with E-state index in [1.165, 1.54) is 11.8 Å². The molecule has 2 aromatic carbocycles. The van der Waals surface area contributed by atoms with E-state index in [2.05, 4.69) is 5.10 Å². The Morgan fingerprint density at radius 1 is 1.09 bits per heavy atom. The highest BCUT2D eigenvalue weighted by molar-refractivity contribution is 6.32. The molecule has 1 heterocycles. The number of para-hydroxylation sites is 1. The summed E-state index contributed by atoms with van der Waals surface area (Å²) in [6, 6.07) is 10.4. The van der Waals surface area contributed by atoms with E-state index in [1.54, 1.807) is 49.7 Å². The maximum atomic E-state index is 12.7. The Kier molecular flexibility index (Phi) is 3.73. The Hall–Kier alpha value is -2.53. The van der Waals surface area contributed by atoms with Crippen LogP contribution in [0.1, 0.15) is 0 Å². The Labute approximate surface area is 131 Å². The fraction of sp³-hybridized carbons (Fsp3) is 0.125. The zero-order chi connectivity index (χ0) is 15.7. The third-order valence-electron chi connectivity index (χ3n) is 3.37. The SMILES string of the molecule is COc1cc2cnn(-c3ccccc3Cl)c(=O)c2cc1OC. The Bertz CT molecular complexity index is 906. The molecule has 3 rings (SSSR count). The number of hydrogen-bond acceptors (Lipinski definition) is 4. The summed E-state index contributed by atoms with van der Waals surface area (Å²) in [5, 5.41) is 5.80. The van der Waals surface area contributed by atoms with Crippen LogP contribution < -0.4 is 15.0 Å². The Balaban J connectivity index is 2.30. The lowest BCUT2D eigenvalue weighted by molar-refractivity contribution is 0.356. The van der Waals surface area contributed by atoms with Gasteiger partial charge in [0.15, 0.2) is 11.5 Å². The highest BCUT2D eigenvalue weighted by Crippen LogP contribution is 2.30. The highest BCUT2D eigenvalue weighted by atomic mass is 35.5. The molecule has 0 N–H and O–H groups in total. The van der Waals surface area contributed by atoms with Gasteiger partial charge in [0.25, 0.3) is 5.56 Å². The van der Waals surface area contributed by atoms with Crippen LogP contribution in [0.4, 0.5) is 0 Å². The molecule has 112 valence electrons. The first-order valence-corrected chi connectivity index (χ1v) is 6.92. The Morgan fingerprint density at radius 3 is 2.45 bits per heavy atom. The molecule has 22 heavy (non-hydrogen) atoms. The fourth-order valence-electron chi connectivity index (χ4n) is 2.27. The van der Waals surface area contributed by atoms with Crippen LogP contribution in [0.15, 0.2) is 47.4 Å². The van der Waals surface area contributed by atoms with Gasteiger partial charge in [-0.15, -0.1) is 0 Å². The maximum absolute atomic E-state index is 12.7. The van der Waals surface area contributed by atoms with Gasteiger partial charge in [-0.1, -0.05) is 23.7 Å². The van der Waals surface area contributed by atoms with Gasteiger partial charge in [-0.2, -0.15) is 9.78 Å². The molecule has 6 heteroatoms. The normalized spacial score (nSPS) is 10.7. The lowest BCUT2D eigenvalue weighted by Crippen LogP contribution is -2.21. The summed E-state index contributed by atoms with van der Waals surface area (Å²) in [6.07, 6.45) is 1.60. The third kappa shape index (κ3) is 2.29. The number of nitrogens with zero attached hydrogens (tertiary/aromatic N) is 2. The van der Waals surface area contributed by atoms with Crippen molar-refractivity contribution in [3.05, 3.63) is 58.0 Å². The molecule has 0 saturated carbocycles. The number of ether oxygens (including phenoxy) is 2. The van der Waals surface area contributed by atoms with Crippen LogP contribution in [0.25, 0.3) is 16.5 Å². The lowest BCUT2D eigenvalue weighted by Gasteiger charge is -2.11. The number of methoxy groups -OCH3 is 2. The van der Waals surface area contributed by atoms with E-state index >= 15 is 0 Å². The Morgan fingerprint density at radius 2 is 1.77 bits per heavy atom. The van der Waals surface area contributed by atoms with E-state index in [9.17, 15) is 4.79 Å². The minimum atomic E-state index is -0.272. The first kappa shape index (κ1) is 14.4. The highest BCUT2D eigenvalue weighted by Gasteiger charge is 2.12. The fourth-order valence-corrected chi connectivity index (χ4v) is 2.48. The number of halogens is 1. The van der Waals surface area contributed by atoms with Crippen LogP contribution in [0.3, 0.4) is 0 Å². The molecule has 0 bridgehead atoms. The van der Waals surface area contributed by atoms with Crippen LogP contribution in [-0.4, -0.2) is 24.0 Å². The van der Waals surface area contributed by atoms with E-state index < -0.39 is 0 Å². The summed E-state index contributed by atoms with van der Waals surface area (Å²) < 4.78 is 11.8. The summed E-state index contributed by atoms with van der Waals surface area (Å²) in [6.45, 7) is 0.